The van der Waals surface area contributed by atoms with Crippen molar-refractivity contribution in [1.29, 1.82) is 0 Å². The van der Waals surface area contributed by atoms with E-state index in [0.717, 1.165) is 47.5 Å². The van der Waals surface area contributed by atoms with Crippen molar-refractivity contribution in [3.05, 3.63) is 48.5 Å². The van der Waals surface area contributed by atoms with E-state index in [9.17, 15) is 4.79 Å². The van der Waals surface area contributed by atoms with E-state index in [1.54, 1.807) is 17.5 Å². The van der Waals surface area contributed by atoms with Crippen LogP contribution in [-0.2, 0) is 11.3 Å². The van der Waals surface area contributed by atoms with Crippen molar-refractivity contribution in [2.75, 3.05) is 18.0 Å². The number of nitrogens with zero attached hydrogens (tertiary/aromatic N) is 5. The van der Waals surface area contributed by atoms with E-state index in [-0.39, 0.29) is 12.5 Å². The number of imidazole rings is 1. The predicted molar refractivity (Wildman–Crippen MR) is 101 cm³/mol. The van der Waals surface area contributed by atoms with Crippen molar-refractivity contribution < 1.29 is 4.79 Å². The standard InChI is InChI=1S/C18H20N6OS/c19-15(25)12-24-11-8-20-16(24)13-6-9-23(10-7-13)18-22-21-17(26-18)14-4-2-1-3-5-14/h1-5,8,11,13H,6-7,9-10,12H2,(H2,19,25). The van der Waals surface area contributed by atoms with E-state index in [2.05, 4.69) is 32.2 Å². The van der Waals surface area contributed by atoms with Gasteiger partial charge in [-0.15, -0.1) is 10.2 Å². The highest BCUT2D eigenvalue weighted by atomic mass is 32.1. The van der Waals surface area contributed by atoms with Crippen molar-refractivity contribution in [1.82, 2.24) is 19.7 Å². The number of rotatable bonds is 5. The first kappa shape index (κ1) is 16.7. The molecule has 4 rings (SSSR count). The van der Waals surface area contributed by atoms with Crippen LogP contribution in [0.5, 0.6) is 0 Å². The van der Waals surface area contributed by atoms with E-state index >= 15 is 0 Å². The number of hydrogen-bond donors (Lipinski definition) is 1. The fraction of sp³-hybridized carbons (Fsp3) is 0.333. The maximum atomic E-state index is 11.2. The van der Waals surface area contributed by atoms with Gasteiger partial charge in [-0.2, -0.15) is 0 Å². The maximum absolute atomic E-state index is 11.2. The van der Waals surface area contributed by atoms with Gasteiger partial charge in [-0.05, 0) is 12.8 Å². The number of aromatic nitrogens is 4. The fourth-order valence-corrected chi connectivity index (χ4v) is 4.25. The second-order valence-corrected chi connectivity index (χ2v) is 7.35. The Bertz CT molecular complexity index is 882. The Labute approximate surface area is 155 Å². The molecule has 0 spiro atoms. The minimum absolute atomic E-state index is 0.187. The zero-order chi connectivity index (χ0) is 17.9. The molecule has 7 nitrogen and oxygen atoms in total. The molecular formula is C18H20N6OS. The zero-order valence-electron chi connectivity index (χ0n) is 14.3. The lowest BCUT2D eigenvalue weighted by Gasteiger charge is -2.31. The van der Waals surface area contributed by atoms with Gasteiger partial charge in [0.25, 0.3) is 0 Å². The summed E-state index contributed by atoms with van der Waals surface area (Å²) in [5.41, 5.74) is 6.42. The number of hydrogen-bond acceptors (Lipinski definition) is 6. The average Bonchev–Trinajstić information content (AvgIpc) is 3.32. The van der Waals surface area contributed by atoms with Crippen LogP contribution in [0.2, 0.25) is 0 Å². The molecule has 134 valence electrons. The number of carbonyl (C=O) groups excluding carboxylic acids is 1. The summed E-state index contributed by atoms with van der Waals surface area (Å²) in [5, 5.41) is 10.6. The second kappa shape index (κ2) is 7.25. The smallest absolute Gasteiger partial charge is 0.237 e. The molecule has 0 bridgehead atoms. The molecule has 1 aliphatic rings. The lowest BCUT2D eigenvalue weighted by atomic mass is 9.96. The van der Waals surface area contributed by atoms with Crippen LogP contribution >= 0.6 is 11.3 Å². The lowest BCUT2D eigenvalue weighted by Crippen LogP contribution is -2.34. The Morgan fingerprint density at radius 2 is 1.96 bits per heavy atom. The molecule has 26 heavy (non-hydrogen) atoms. The second-order valence-electron chi connectivity index (χ2n) is 6.40. The van der Waals surface area contributed by atoms with Gasteiger partial charge in [-0.3, -0.25) is 4.79 Å². The Morgan fingerprint density at radius 3 is 2.69 bits per heavy atom. The van der Waals surface area contributed by atoms with Crippen molar-refractivity contribution >= 4 is 22.4 Å². The molecule has 2 N–H and O–H groups in total. The number of nitrogens with two attached hydrogens (primary N) is 1. The van der Waals surface area contributed by atoms with Crippen LogP contribution in [0.25, 0.3) is 10.6 Å². The first-order chi connectivity index (χ1) is 12.7. The zero-order valence-corrected chi connectivity index (χ0v) is 15.1. The Balaban J connectivity index is 1.42. The first-order valence-corrected chi connectivity index (χ1v) is 9.45. The van der Waals surface area contributed by atoms with Gasteiger partial charge in [-0.25, -0.2) is 4.98 Å². The highest BCUT2D eigenvalue weighted by Gasteiger charge is 2.26. The molecule has 3 heterocycles. The van der Waals surface area contributed by atoms with Crippen LogP contribution in [0, 0.1) is 0 Å². The van der Waals surface area contributed by atoms with Crippen molar-refractivity contribution in [2.45, 2.75) is 25.3 Å². The summed E-state index contributed by atoms with van der Waals surface area (Å²) < 4.78 is 1.86. The van der Waals surface area contributed by atoms with E-state index in [1.165, 1.54) is 0 Å². The van der Waals surface area contributed by atoms with Crippen LogP contribution in [0.15, 0.2) is 42.7 Å². The molecule has 0 unspecified atom stereocenters. The molecule has 1 aliphatic heterocycles. The Morgan fingerprint density at radius 1 is 1.19 bits per heavy atom. The summed E-state index contributed by atoms with van der Waals surface area (Å²) in [6, 6.07) is 10.1. The van der Waals surface area contributed by atoms with E-state index < -0.39 is 0 Å². The summed E-state index contributed by atoms with van der Waals surface area (Å²) >= 11 is 1.62. The SMILES string of the molecule is NC(=O)Cn1ccnc1C1CCN(c2nnc(-c3ccccc3)s2)CC1. The largest absolute Gasteiger partial charge is 0.368 e. The molecule has 1 saturated heterocycles. The molecule has 0 saturated carbocycles. The van der Waals surface area contributed by atoms with Crippen LogP contribution in [0.1, 0.15) is 24.6 Å². The summed E-state index contributed by atoms with van der Waals surface area (Å²) in [6.45, 7) is 1.99. The third-order valence-corrected chi connectivity index (χ3v) is 5.67. The lowest BCUT2D eigenvalue weighted by molar-refractivity contribution is -0.118. The molecular weight excluding hydrogens is 348 g/mol. The Kier molecular flexibility index (Phi) is 4.66. The highest BCUT2D eigenvalue weighted by Crippen LogP contribution is 2.33. The van der Waals surface area contributed by atoms with Gasteiger partial charge in [0.15, 0.2) is 0 Å². The molecule has 0 atom stereocenters. The third-order valence-electron chi connectivity index (χ3n) is 4.64. The molecule has 3 aromatic rings. The summed E-state index contributed by atoms with van der Waals surface area (Å²) in [4.78, 5) is 17.9. The summed E-state index contributed by atoms with van der Waals surface area (Å²) in [6.07, 6.45) is 5.50. The minimum Gasteiger partial charge on any atom is -0.368 e. The van der Waals surface area contributed by atoms with Crippen molar-refractivity contribution in [3.8, 4) is 10.6 Å². The number of piperidine rings is 1. The summed E-state index contributed by atoms with van der Waals surface area (Å²) in [5.74, 6) is 0.941. The number of benzene rings is 1. The molecule has 2 aromatic heterocycles. The minimum atomic E-state index is -0.344. The highest BCUT2D eigenvalue weighted by molar-refractivity contribution is 7.18. The molecule has 0 aliphatic carbocycles. The van der Waals surface area contributed by atoms with Crippen molar-refractivity contribution in [2.24, 2.45) is 5.73 Å². The molecule has 8 heteroatoms. The van der Waals surface area contributed by atoms with Crippen LogP contribution in [-0.4, -0.2) is 38.7 Å². The van der Waals surface area contributed by atoms with Crippen LogP contribution in [0.3, 0.4) is 0 Å². The monoisotopic (exact) mass is 368 g/mol. The number of amides is 1. The Hall–Kier alpha value is -2.74. The van der Waals surface area contributed by atoms with Crippen LogP contribution < -0.4 is 10.6 Å². The number of primary amides is 1. The number of carbonyl (C=O) groups is 1. The van der Waals surface area contributed by atoms with Gasteiger partial charge in [-0.1, -0.05) is 41.7 Å². The quantitative estimate of drug-likeness (QED) is 0.746. The number of anilines is 1. The van der Waals surface area contributed by atoms with E-state index in [4.69, 9.17) is 5.73 Å². The van der Waals surface area contributed by atoms with Gasteiger partial charge < -0.3 is 15.2 Å². The van der Waals surface area contributed by atoms with Gasteiger partial charge in [0.05, 0.1) is 0 Å². The maximum Gasteiger partial charge on any atom is 0.237 e. The topological polar surface area (TPSA) is 89.9 Å². The first-order valence-electron chi connectivity index (χ1n) is 8.64. The molecule has 1 aromatic carbocycles. The van der Waals surface area contributed by atoms with Crippen LogP contribution in [0.4, 0.5) is 5.13 Å². The van der Waals surface area contributed by atoms with E-state index in [1.807, 2.05) is 29.0 Å². The van der Waals surface area contributed by atoms with Gasteiger partial charge in [0.1, 0.15) is 17.4 Å². The normalized spacial score (nSPS) is 15.3. The fourth-order valence-electron chi connectivity index (χ4n) is 3.35. The molecule has 0 radical (unpaired) electrons. The molecule has 1 fully saturated rings. The van der Waals surface area contributed by atoms with Gasteiger partial charge in [0, 0.05) is 37.0 Å². The van der Waals surface area contributed by atoms with Crippen molar-refractivity contribution in [3.63, 3.8) is 0 Å². The average molecular weight is 368 g/mol. The van der Waals surface area contributed by atoms with Gasteiger partial charge >= 0.3 is 0 Å². The van der Waals surface area contributed by atoms with Gasteiger partial charge in [0.2, 0.25) is 11.0 Å². The van der Waals surface area contributed by atoms with E-state index in [0.29, 0.717) is 5.92 Å². The molecule has 1 amide bonds. The predicted octanol–water partition coefficient (Wildman–Crippen LogP) is 2.27. The third kappa shape index (κ3) is 3.45. The summed E-state index contributed by atoms with van der Waals surface area (Å²) in [7, 11) is 0.